The highest BCUT2D eigenvalue weighted by atomic mass is 32.2. The lowest BCUT2D eigenvalue weighted by Crippen LogP contribution is -2.42. The van der Waals surface area contributed by atoms with Crippen LogP contribution in [0.2, 0.25) is 0 Å². The summed E-state index contributed by atoms with van der Waals surface area (Å²) in [5.74, 6) is 0.383. The molecular weight excluding hydrogens is 296 g/mol. The van der Waals surface area contributed by atoms with Crippen molar-refractivity contribution >= 4 is 15.5 Å². The zero-order chi connectivity index (χ0) is 15.6. The fourth-order valence-corrected chi connectivity index (χ4v) is 2.89. The number of nitrogens with zero attached hydrogens (tertiary/aromatic N) is 1. The number of benzene rings is 1. The number of nitro benzene ring substituents is 1. The van der Waals surface area contributed by atoms with Crippen molar-refractivity contribution in [2.24, 2.45) is 5.92 Å². The minimum atomic E-state index is -3.49. The molecule has 1 aromatic carbocycles. The highest BCUT2D eigenvalue weighted by Gasteiger charge is 2.27. The molecule has 2 rings (SSSR count). The summed E-state index contributed by atoms with van der Waals surface area (Å²) in [4.78, 5) is 10.4. The van der Waals surface area contributed by atoms with Crippen molar-refractivity contribution in [1.29, 1.82) is 0 Å². The van der Waals surface area contributed by atoms with Crippen LogP contribution in [-0.4, -0.2) is 38.8 Å². The van der Waals surface area contributed by atoms with Gasteiger partial charge < -0.3 is 10.1 Å². The smallest absolute Gasteiger partial charge is 0.312 e. The van der Waals surface area contributed by atoms with E-state index < -0.39 is 14.8 Å². The van der Waals surface area contributed by atoms with Gasteiger partial charge in [0.05, 0.1) is 9.82 Å². The molecule has 1 fully saturated rings. The van der Waals surface area contributed by atoms with Gasteiger partial charge in [-0.2, -0.15) is 0 Å². The summed E-state index contributed by atoms with van der Waals surface area (Å²) in [6.07, 6.45) is 1.78. The summed E-state index contributed by atoms with van der Waals surface area (Å²) in [6, 6.07) is 3.74. The van der Waals surface area contributed by atoms with Crippen LogP contribution in [0.4, 0.5) is 5.69 Å². The van der Waals surface area contributed by atoms with E-state index in [0.717, 1.165) is 25.3 Å². The number of piperidine rings is 1. The van der Waals surface area contributed by atoms with Gasteiger partial charge in [0.25, 0.3) is 0 Å². The second-order valence-corrected chi connectivity index (χ2v) is 7.30. The Morgan fingerprint density at radius 3 is 2.71 bits per heavy atom. The maximum Gasteiger partial charge on any atom is 0.312 e. The Morgan fingerprint density at radius 2 is 2.14 bits per heavy atom. The lowest BCUT2D eigenvalue weighted by molar-refractivity contribution is -0.386. The normalized spacial score (nSPS) is 22.8. The number of nitrogens with one attached hydrogen (secondary N) is 1. The number of ether oxygens (including phenoxy) is 1. The number of nitro groups is 1. The van der Waals surface area contributed by atoms with Crippen molar-refractivity contribution < 1.29 is 18.1 Å². The Morgan fingerprint density at radius 1 is 1.43 bits per heavy atom. The van der Waals surface area contributed by atoms with E-state index in [2.05, 4.69) is 5.32 Å². The van der Waals surface area contributed by atoms with E-state index in [4.69, 9.17) is 4.74 Å². The van der Waals surface area contributed by atoms with Crippen LogP contribution < -0.4 is 10.1 Å². The summed E-state index contributed by atoms with van der Waals surface area (Å²) in [5.41, 5.74) is -0.323. The molecule has 0 saturated carbocycles. The first-order valence-electron chi connectivity index (χ1n) is 6.65. The molecule has 0 aliphatic carbocycles. The van der Waals surface area contributed by atoms with E-state index in [0.29, 0.717) is 6.54 Å². The largest absolute Gasteiger partial charge is 0.482 e. The fourth-order valence-electron chi connectivity index (χ4n) is 2.25. The third kappa shape index (κ3) is 3.70. The monoisotopic (exact) mass is 314 g/mol. The van der Waals surface area contributed by atoms with E-state index in [1.807, 2.05) is 6.92 Å². The molecule has 116 valence electrons. The van der Waals surface area contributed by atoms with E-state index in [1.54, 1.807) is 0 Å². The van der Waals surface area contributed by atoms with Crippen LogP contribution in [0.5, 0.6) is 5.75 Å². The molecule has 0 amide bonds. The molecule has 1 aliphatic rings. The fraction of sp³-hybridized carbons (Fsp3) is 0.538. The highest BCUT2D eigenvalue weighted by molar-refractivity contribution is 7.90. The number of sulfone groups is 1. The first-order chi connectivity index (χ1) is 9.79. The van der Waals surface area contributed by atoms with Crippen LogP contribution >= 0.6 is 0 Å². The summed E-state index contributed by atoms with van der Waals surface area (Å²) < 4.78 is 28.7. The van der Waals surface area contributed by atoms with Crippen molar-refractivity contribution in [3.8, 4) is 5.75 Å². The zero-order valence-corrected chi connectivity index (χ0v) is 12.7. The van der Waals surface area contributed by atoms with E-state index in [9.17, 15) is 18.5 Å². The van der Waals surface area contributed by atoms with E-state index >= 15 is 0 Å². The predicted octanol–water partition coefficient (Wildman–Crippen LogP) is 1.38. The van der Waals surface area contributed by atoms with Gasteiger partial charge in [0, 0.05) is 18.9 Å². The van der Waals surface area contributed by atoms with Crippen LogP contribution in [0, 0.1) is 16.0 Å². The van der Waals surface area contributed by atoms with Crippen molar-refractivity contribution in [2.45, 2.75) is 24.3 Å². The Balaban J connectivity index is 2.32. The van der Waals surface area contributed by atoms with Crippen molar-refractivity contribution in [3.05, 3.63) is 28.3 Å². The van der Waals surface area contributed by atoms with Crippen LogP contribution in [-0.2, 0) is 9.84 Å². The topological polar surface area (TPSA) is 98.5 Å². The first-order valence-corrected chi connectivity index (χ1v) is 8.54. The van der Waals surface area contributed by atoms with Crippen LogP contribution in [0.3, 0.4) is 0 Å². The van der Waals surface area contributed by atoms with Crippen molar-refractivity contribution in [3.63, 3.8) is 0 Å². The quantitative estimate of drug-likeness (QED) is 0.666. The minimum Gasteiger partial charge on any atom is -0.482 e. The summed E-state index contributed by atoms with van der Waals surface area (Å²) in [5, 5.41) is 14.3. The van der Waals surface area contributed by atoms with Gasteiger partial charge in [-0.15, -0.1) is 0 Å². The molecule has 2 unspecified atom stereocenters. The van der Waals surface area contributed by atoms with E-state index in [1.165, 1.54) is 12.1 Å². The number of rotatable bonds is 4. The third-order valence-electron chi connectivity index (χ3n) is 3.59. The summed E-state index contributed by atoms with van der Waals surface area (Å²) >= 11 is 0. The molecule has 7 nitrogen and oxygen atoms in total. The Labute approximate surface area is 123 Å². The Hall–Kier alpha value is -1.67. The molecule has 1 N–H and O–H groups in total. The second-order valence-electron chi connectivity index (χ2n) is 5.29. The zero-order valence-electron chi connectivity index (χ0n) is 11.9. The van der Waals surface area contributed by atoms with Gasteiger partial charge in [-0.05, 0) is 31.0 Å². The van der Waals surface area contributed by atoms with Gasteiger partial charge >= 0.3 is 5.69 Å². The third-order valence-corrected chi connectivity index (χ3v) is 4.70. The molecule has 1 aromatic rings. The van der Waals surface area contributed by atoms with Gasteiger partial charge in [0.1, 0.15) is 6.10 Å². The maximum atomic E-state index is 11.5. The summed E-state index contributed by atoms with van der Waals surface area (Å²) in [7, 11) is -3.49. The maximum absolute atomic E-state index is 11.5. The molecule has 2 atom stereocenters. The van der Waals surface area contributed by atoms with Gasteiger partial charge in [-0.25, -0.2) is 8.42 Å². The predicted molar refractivity (Wildman–Crippen MR) is 77.3 cm³/mol. The average Bonchev–Trinajstić information content (AvgIpc) is 2.40. The minimum absolute atomic E-state index is 0.0867. The van der Waals surface area contributed by atoms with Gasteiger partial charge in [0.2, 0.25) is 0 Å². The van der Waals surface area contributed by atoms with Crippen LogP contribution in [0.1, 0.15) is 13.3 Å². The molecule has 21 heavy (non-hydrogen) atoms. The SMILES string of the molecule is CC1CCNCC1Oc1ccc(S(C)(=O)=O)cc1[N+](=O)[O-]. The van der Waals surface area contributed by atoms with Gasteiger partial charge in [-0.3, -0.25) is 10.1 Å². The van der Waals surface area contributed by atoms with Gasteiger partial charge in [-0.1, -0.05) is 6.92 Å². The standard InChI is InChI=1S/C13H18N2O5S/c1-9-5-6-14-8-13(9)20-12-4-3-10(21(2,18)19)7-11(12)15(16)17/h3-4,7,9,13-14H,5-6,8H2,1-2H3. The second kappa shape index (κ2) is 5.98. The molecule has 1 heterocycles. The van der Waals surface area contributed by atoms with Gasteiger partial charge in [0.15, 0.2) is 15.6 Å². The highest BCUT2D eigenvalue weighted by Crippen LogP contribution is 2.32. The van der Waals surface area contributed by atoms with Crippen molar-refractivity contribution in [1.82, 2.24) is 5.32 Å². The van der Waals surface area contributed by atoms with Crippen LogP contribution in [0.25, 0.3) is 0 Å². The molecule has 8 heteroatoms. The molecule has 0 bridgehead atoms. The first kappa shape index (κ1) is 15.7. The average molecular weight is 314 g/mol. The molecular formula is C13H18N2O5S. The Kier molecular flexibility index (Phi) is 4.48. The molecule has 1 saturated heterocycles. The molecule has 0 spiro atoms. The van der Waals surface area contributed by atoms with Crippen LogP contribution in [0.15, 0.2) is 23.1 Å². The number of hydrogen-bond acceptors (Lipinski definition) is 6. The summed E-state index contributed by atoms with van der Waals surface area (Å²) in [6.45, 7) is 3.55. The molecule has 0 aromatic heterocycles. The molecule has 0 radical (unpaired) electrons. The van der Waals surface area contributed by atoms with Crippen molar-refractivity contribution in [2.75, 3.05) is 19.3 Å². The molecule has 1 aliphatic heterocycles. The number of hydrogen-bond donors (Lipinski definition) is 1. The lowest BCUT2D eigenvalue weighted by Gasteiger charge is -2.29. The van der Waals surface area contributed by atoms with E-state index in [-0.39, 0.29) is 28.4 Å². The Bertz CT molecular complexity index is 644. The lowest BCUT2D eigenvalue weighted by atomic mass is 9.97.